The molecule has 1 unspecified atom stereocenters. The molecule has 0 N–H and O–H groups in total. The molecule has 0 fully saturated rings. The van der Waals surface area contributed by atoms with Gasteiger partial charge in [-0.15, -0.1) is 0 Å². The summed E-state index contributed by atoms with van der Waals surface area (Å²) in [5.74, 6) is 0.733. The quantitative estimate of drug-likeness (QED) is 0.828. The second-order valence-electron chi connectivity index (χ2n) is 3.89. The molecular weight excluding hydrogens is 226 g/mol. The molecule has 94 valence electrons. The number of aromatic nitrogens is 1. The van der Waals surface area contributed by atoms with Crippen molar-refractivity contribution >= 4 is 0 Å². The summed E-state index contributed by atoms with van der Waals surface area (Å²) in [6.07, 6.45) is 1.35. The Labute approximate surface area is 108 Å². The summed E-state index contributed by atoms with van der Waals surface area (Å²) in [6, 6.07) is 10.6. The van der Waals surface area contributed by atoms with Crippen LogP contribution >= 0.6 is 0 Å². The third kappa shape index (κ3) is 2.62. The van der Waals surface area contributed by atoms with Crippen molar-refractivity contribution in [1.82, 2.24) is 4.57 Å². The number of nitrogens with zero attached hydrogens (tertiary/aromatic N) is 1. The molecule has 0 spiro atoms. The highest BCUT2D eigenvalue weighted by atomic mass is 16.5. The molecular formula is C15H17NO2. The maximum Gasteiger partial charge on any atom is 0.255 e. The van der Waals surface area contributed by atoms with Gasteiger partial charge >= 0.3 is 0 Å². The van der Waals surface area contributed by atoms with Crippen LogP contribution in [0.3, 0.4) is 0 Å². The van der Waals surface area contributed by atoms with E-state index in [-0.39, 0.29) is 12.0 Å². The van der Waals surface area contributed by atoms with E-state index < -0.39 is 0 Å². The van der Waals surface area contributed by atoms with Gasteiger partial charge in [0.1, 0.15) is 5.75 Å². The molecule has 0 bridgehead atoms. The van der Waals surface area contributed by atoms with Crippen molar-refractivity contribution in [3.8, 4) is 11.4 Å². The van der Waals surface area contributed by atoms with E-state index in [0.29, 0.717) is 6.61 Å². The molecule has 3 nitrogen and oxygen atoms in total. The Hall–Kier alpha value is -2.03. The average molecular weight is 244 g/mol. The highest BCUT2D eigenvalue weighted by Crippen LogP contribution is 2.16. The van der Waals surface area contributed by atoms with Crippen molar-refractivity contribution in [2.24, 2.45) is 0 Å². The predicted octanol–water partition coefficient (Wildman–Crippen LogP) is 2.80. The molecule has 2 rings (SSSR count). The molecule has 1 atom stereocenters. The first-order valence-corrected chi connectivity index (χ1v) is 6.00. The van der Waals surface area contributed by atoms with Gasteiger partial charge < -0.3 is 4.74 Å². The normalized spacial score (nSPS) is 12.9. The Morgan fingerprint density at radius 3 is 2.83 bits per heavy atom. The summed E-state index contributed by atoms with van der Waals surface area (Å²) in [6.45, 7) is 4.28. The minimum atomic E-state index is -0.359. The molecule has 3 heteroatoms. The second kappa shape index (κ2) is 5.54. The largest absolute Gasteiger partial charge is 0.494 e. The zero-order valence-electron chi connectivity index (χ0n) is 11.6. The Morgan fingerprint density at radius 1 is 1.28 bits per heavy atom. The van der Waals surface area contributed by atoms with Crippen molar-refractivity contribution in [2.75, 3.05) is 6.61 Å². The number of rotatable bonds is 4. The Kier molecular flexibility index (Phi) is 3.41. The molecule has 0 aliphatic heterocycles. The lowest BCUT2D eigenvalue weighted by molar-refractivity contribution is 0.340. The Balaban J connectivity index is 2.48. The third-order valence-corrected chi connectivity index (χ3v) is 2.67. The van der Waals surface area contributed by atoms with Crippen LogP contribution < -0.4 is 10.3 Å². The number of pyridine rings is 1. The molecule has 1 heterocycles. The molecule has 0 radical (unpaired) electrons. The monoisotopic (exact) mass is 244 g/mol. The van der Waals surface area contributed by atoms with Crippen molar-refractivity contribution in [3.63, 3.8) is 0 Å². The van der Waals surface area contributed by atoms with Gasteiger partial charge in [0.15, 0.2) is 0 Å². The van der Waals surface area contributed by atoms with Crippen LogP contribution in [0.1, 0.15) is 20.8 Å². The van der Waals surface area contributed by atoms with Gasteiger partial charge in [-0.1, -0.05) is 19.1 Å². The predicted molar refractivity (Wildman–Crippen MR) is 72.6 cm³/mol. The molecule has 0 aliphatic rings. The maximum atomic E-state index is 11.9. The van der Waals surface area contributed by atoms with Crippen molar-refractivity contribution in [1.29, 1.82) is 0 Å². The molecule has 0 aliphatic carbocycles. The van der Waals surface area contributed by atoms with E-state index in [2.05, 4.69) is 0 Å². The average Bonchev–Trinajstić information content (AvgIpc) is 2.39. The first kappa shape index (κ1) is 11.1. The van der Waals surface area contributed by atoms with Crippen LogP contribution in [0.4, 0.5) is 0 Å². The highest BCUT2D eigenvalue weighted by molar-refractivity contribution is 5.40. The fourth-order valence-corrected chi connectivity index (χ4v) is 1.77. The number of benzene rings is 1. The highest BCUT2D eigenvalue weighted by Gasteiger charge is 2.02. The first-order valence-electron chi connectivity index (χ1n) is 6.57. The van der Waals surface area contributed by atoms with Crippen LogP contribution in [0.5, 0.6) is 5.75 Å². The van der Waals surface area contributed by atoms with Gasteiger partial charge in [-0.05, 0) is 31.0 Å². The summed E-state index contributed by atoms with van der Waals surface area (Å²) in [5.41, 5.74) is 1.44. The van der Waals surface area contributed by atoms with Gasteiger partial charge in [0.2, 0.25) is 0 Å². The first-order chi connectivity index (χ1) is 9.11. The second-order valence-corrected chi connectivity index (χ2v) is 3.89. The zero-order valence-corrected chi connectivity index (χ0v) is 10.6. The van der Waals surface area contributed by atoms with E-state index in [0.717, 1.165) is 17.0 Å². The fraction of sp³-hybridized carbons (Fsp3) is 0.267. The SMILES string of the molecule is [2H]C(C)c1ccc(=O)n(-c2cccc(OCC)c2)c1. The third-order valence-electron chi connectivity index (χ3n) is 2.67. The summed E-state index contributed by atoms with van der Waals surface area (Å²) >= 11 is 0. The molecule has 1 aromatic heterocycles. The lowest BCUT2D eigenvalue weighted by atomic mass is 10.2. The minimum absolute atomic E-state index is 0.113. The van der Waals surface area contributed by atoms with Crippen molar-refractivity contribution in [2.45, 2.75) is 20.2 Å². The maximum absolute atomic E-state index is 11.9. The molecule has 1 aromatic carbocycles. The van der Waals surface area contributed by atoms with Crippen LogP contribution in [-0.2, 0) is 6.40 Å². The summed E-state index contributed by atoms with van der Waals surface area (Å²) in [7, 11) is 0. The lowest BCUT2D eigenvalue weighted by Crippen LogP contribution is -2.17. The number of aryl methyl sites for hydroxylation is 1. The smallest absolute Gasteiger partial charge is 0.255 e. The van der Waals surface area contributed by atoms with Crippen LogP contribution in [0.25, 0.3) is 5.69 Å². The molecule has 0 saturated carbocycles. The van der Waals surface area contributed by atoms with E-state index in [1.54, 1.807) is 23.8 Å². The van der Waals surface area contributed by atoms with Gasteiger partial charge in [0.05, 0.1) is 12.3 Å². The Bertz CT molecular complexity index is 620. The number of ether oxygens (including phenoxy) is 1. The number of hydrogen-bond donors (Lipinski definition) is 0. The summed E-state index contributed by atoms with van der Waals surface area (Å²) in [4.78, 5) is 11.9. The van der Waals surface area contributed by atoms with Crippen LogP contribution in [-0.4, -0.2) is 11.2 Å². The Morgan fingerprint density at radius 2 is 2.11 bits per heavy atom. The fourth-order valence-electron chi connectivity index (χ4n) is 1.77. The van der Waals surface area contributed by atoms with Crippen molar-refractivity contribution in [3.05, 3.63) is 58.5 Å². The zero-order chi connectivity index (χ0) is 13.8. The number of hydrogen-bond acceptors (Lipinski definition) is 2. The van der Waals surface area contributed by atoms with E-state index >= 15 is 0 Å². The molecule has 0 amide bonds. The van der Waals surface area contributed by atoms with Crippen LogP contribution in [0.2, 0.25) is 0 Å². The van der Waals surface area contributed by atoms with Gasteiger partial charge in [0, 0.05) is 19.7 Å². The topological polar surface area (TPSA) is 31.2 Å². The summed E-state index contributed by atoms with van der Waals surface area (Å²) in [5, 5.41) is 0. The molecule has 18 heavy (non-hydrogen) atoms. The van der Waals surface area contributed by atoms with E-state index in [4.69, 9.17) is 6.11 Å². The minimum Gasteiger partial charge on any atom is -0.494 e. The standard InChI is InChI=1S/C15H17NO2/c1-3-12-8-9-15(17)16(11-12)13-6-5-7-14(10-13)18-4-2/h5-11H,3-4H2,1-2H3/i3D. The van der Waals surface area contributed by atoms with Crippen molar-refractivity contribution < 1.29 is 6.11 Å². The van der Waals surface area contributed by atoms with E-state index in [9.17, 15) is 4.79 Å². The van der Waals surface area contributed by atoms with Crippen LogP contribution in [0, 0.1) is 0 Å². The van der Waals surface area contributed by atoms with E-state index in [1.165, 1.54) is 6.07 Å². The molecule has 2 aromatic rings. The van der Waals surface area contributed by atoms with Gasteiger partial charge in [-0.25, -0.2) is 0 Å². The molecule has 0 saturated heterocycles. The van der Waals surface area contributed by atoms with E-state index in [1.807, 2.05) is 31.2 Å². The van der Waals surface area contributed by atoms with Gasteiger partial charge in [-0.3, -0.25) is 9.36 Å². The summed E-state index contributed by atoms with van der Waals surface area (Å²) < 4.78 is 14.7. The van der Waals surface area contributed by atoms with Gasteiger partial charge in [-0.2, -0.15) is 0 Å². The lowest BCUT2D eigenvalue weighted by Gasteiger charge is -2.09. The van der Waals surface area contributed by atoms with Gasteiger partial charge in [0.25, 0.3) is 5.56 Å². The van der Waals surface area contributed by atoms with Crippen LogP contribution in [0.15, 0.2) is 47.4 Å².